The number of fused-ring (bicyclic) bond motifs is 4. The van der Waals surface area contributed by atoms with Crippen LogP contribution in [0.1, 0.15) is 37.9 Å². The van der Waals surface area contributed by atoms with Gasteiger partial charge in [-0.05, 0) is 45.9 Å². The van der Waals surface area contributed by atoms with Crippen LogP contribution in [-0.4, -0.2) is 31.7 Å². The van der Waals surface area contributed by atoms with Crippen molar-refractivity contribution < 1.29 is 9.53 Å². The second-order valence-corrected chi connectivity index (χ2v) is 11.0. The second kappa shape index (κ2) is 8.10. The van der Waals surface area contributed by atoms with Crippen molar-refractivity contribution in [2.24, 2.45) is 0 Å². The van der Waals surface area contributed by atoms with Crippen LogP contribution in [0.15, 0.2) is 41.4 Å². The molecule has 4 aromatic rings. The highest BCUT2D eigenvalue weighted by atomic mass is 32.2. The predicted octanol–water partition coefficient (Wildman–Crippen LogP) is 5.52. The molecule has 0 aliphatic carbocycles. The van der Waals surface area contributed by atoms with Crippen LogP contribution >= 0.6 is 23.1 Å². The Labute approximate surface area is 194 Å². The summed E-state index contributed by atoms with van der Waals surface area (Å²) in [6, 6.07) is 11.7. The number of nitrogens with zero attached hydrogens (tertiary/aromatic N) is 3. The highest BCUT2D eigenvalue weighted by Crippen LogP contribution is 2.40. The van der Waals surface area contributed by atoms with Gasteiger partial charge < -0.3 is 10.1 Å². The first-order valence-corrected chi connectivity index (χ1v) is 12.2. The van der Waals surface area contributed by atoms with Gasteiger partial charge in [-0.25, -0.2) is 15.0 Å². The molecule has 1 atom stereocenters. The van der Waals surface area contributed by atoms with Crippen LogP contribution in [0.4, 0.5) is 5.69 Å². The lowest BCUT2D eigenvalue weighted by molar-refractivity contribution is -0.115. The van der Waals surface area contributed by atoms with Crippen molar-refractivity contribution in [3.8, 4) is 0 Å². The number of para-hydroxylation sites is 1. The smallest absolute Gasteiger partial charge is 0.237 e. The molecule has 164 valence electrons. The molecule has 3 aromatic heterocycles. The highest BCUT2D eigenvalue weighted by molar-refractivity contribution is 8.00. The Morgan fingerprint density at radius 3 is 2.78 bits per heavy atom. The number of anilines is 1. The summed E-state index contributed by atoms with van der Waals surface area (Å²) < 4.78 is 6.96. The number of thiophene rings is 1. The first-order valence-electron chi connectivity index (χ1n) is 10.6. The van der Waals surface area contributed by atoms with Gasteiger partial charge in [0.05, 0.1) is 33.4 Å². The van der Waals surface area contributed by atoms with Crippen molar-refractivity contribution in [2.45, 2.75) is 56.6 Å². The van der Waals surface area contributed by atoms with Crippen molar-refractivity contribution >= 4 is 55.1 Å². The number of thioether (sulfide) groups is 1. The lowest BCUT2D eigenvalue weighted by Crippen LogP contribution is -2.32. The van der Waals surface area contributed by atoms with Crippen LogP contribution in [-0.2, 0) is 22.6 Å². The largest absolute Gasteiger partial charge is 0.370 e. The Balaban J connectivity index is 1.50. The maximum Gasteiger partial charge on any atom is 0.237 e. The third-order valence-electron chi connectivity index (χ3n) is 5.47. The van der Waals surface area contributed by atoms with E-state index in [0.717, 1.165) is 48.8 Å². The minimum Gasteiger partial charge on any atom is -0.370 e. The van der Waals surface area contributed by atoms with E-state index in [4.69, 9.17) is 14.7 Å². The molecule has 0 fully saturated rings. The first kappa shape index (κ1) is 21.3. The molecule has 1 unspecified atom stereocenters. The molecule has 0 bridgehead atoms. The Morgan fingerprint density at radius 1 is 1.22 bits per heavy atom. The maximum absolute atomic E-state index is 12.7. The summed E-state index contributed by atoms with van der Waals surface area (Å²) in [5.74, 6) is 0.630. The average Bonchev–Trinajstić information content (AvgIpc) is 3.09. The summed E-state index contributed by atoms with van der Waals surface area (Å²) in [6.07, 6.45) is 0.787. The minimum atomic E-state index is -0.312. The fourth-order valence-corrected chi connectivity index (χ4v) is 5.96. The molecular weight excluding hydrogens is 440 g/mol. The van der Waals surface area contributed by atoms with Gasteiger partial charge in [-0.3, -0.25) is 4.79 Å². The molecule has 1 aliphatic rings. The fourth-order valence-electron chi connectivity index (χ4n) is 3.80. The molecule has 1 amide bonds. The number of amides is 1. The van der Waals surface area contributed by atoms with E-state index in [2.05, 4.69) is 30.2 Å². The van der Waals surface area contributed by atoms with Crippen LogP contribution in [0.5, 0.6) is 0 Å². The number of hydrogen-bond acceptors (Lipinski definition) is 7. The number of nitrogens with one attached hydrogen (secondary N) is 1. The van der Waals surface area contributed by atoms with Crippen LogP contribution in [0.25, 0.3) is 20.4 Å². The number of ether oxygens (including phenoxy) is 1. The molecule has 1 N–H and O–H groups in total. The first-order chi connectivity index (χ1) is 15.3. The Hall–Kier alpha value is -2.55. The van der Waals surface area contributed by atoms with Gasteiger partial charge in [-0.1, -0.05) is 30.0 Å². The summed E-state index contributed by atoms with van der Waals surface area (Å²) >= 11 is 3.05. The van der Waals surface area contributed by atoms with Gasteiger partial charge in [0, 0.05) is 23.1 Å². The standard InChI is InChI=1S/C24H24N4O2S2/c1-13(21(29)27-16-8-6-5-7-9-16)31-23-20-19(25-14(2)26-23)17-10-15-12-30-24(3,4)11-18(15)28-22(17)32-20/h5-10,13H,11-12H2,1-4H3,(H,27,29). The second-order valence-electron chi connectivity index (χ2n) is 8.64. The lowest BCUT2D eigenvalue weighted by Gasteiger charge is -2.30. The molecule has 0 saturated carbocycles. The van der Waals surface area contributed by atoms with Crippen LogP contribution < -0.4 is 5.32 Å². The summed E-state index contributed by atoms with van der Waals surface area (Å²) in [7, 11) is 0. The SMILES string of the molecule is Cc1nc(SC(C)C(=O)Nc2ccccc2)c2sc3nc4c(cc3c2n1)COC(C)(C)C4. The number of carbonyl (C=O) groups excluding carboxylic acids is 1. The van der Waals surface area contributed by atoms with Crippen molar-refractivity contribution in [3.05, 3.63) is 53.5 Å². The molecule has 0 radical (unpaired) electrons. The molecule has 1 aromatic carbocycles. The van der Waals surface area contributed by atoms with Gasteiger partial charge in [0.15, 0.2) is 0 Å². The molecule has 1 aliphatic heterocycles. The Morgan fingerprint density at radius 2 is 2.00 bits per heavy atom. The van der Waals surface area contributed by atoms with Gasteiger partial charge >= 0.3 is 0 Å². The molecule has 0 saturated heterocycles. The molecular formula is C24H24N4O2S2. The monoisotopic (exact) mass is 464 g/mol. The van der Waals surface area contributed by atoms with Gasteiger partial charge in [-0.2, -0.15) is 0 Å². The Bertz CT molecular complexity index is 1330. The van der Waals surface area contributed by atoms with Gasteiger partial charge in [0.2, 0.25) is 5.91 Å². The topological polar surface area (TPSA) is 77.0 Å². The number of benzene rings is 1. The average molecular weight is 465 g/mol. The van der Waals surface area contributed by atoms with Crippen LogP contribution in [0, 0.1) is 6.92 Å². The van der Waals surface area contributed by atoms with Crippen molar-refractivity contribution in [1.82, 2.24) is 15.0 Å². The maximum atomic E-state index is 12.7. The number of carbonyl (C=O) groups is 1. The van der Waals surface area contributed by atoms with Gasteiger partial charge in [0.25, 0.3) is 0 Å². The van der Waals surface area contributed by atoms with Gasteiger partial charge in [-0.15, -0.1) is 11.3 Å². The summed E-state index contributed by atoms with van der Waals surface area (Å²) in [5, 5.41) is 4.51. The van der Waals surface area contributed by atoms with Crippen molar-refractivity contribution in [3.63, 3.8) is 0 Å². The highest BCUT2D eigenvalue weighted by Gasteiger charge is 2.28. The number of aromatic nitrogens is 3. The molecule has 32 heavy (non-hydrogen) atoms. The van der Waals surface area contributed by atoms with Crippen LogP contribution in [0.2, 0.25) is 0 Å². The summed E-state index contributed by atoms with van der Waals surface area (Å²) in [5.41, 5.74) is 3.70. The number of aryl methyl sites for hydroxylation is 1. The van der Waals surface area contributed by atoms with E-state index in [0.29, 0.717) is 12.4 Å². The zero-order chi connectivity index (χ0) is 22.5. The predicted molar refractivity (Wildman–Crippen MR) is 130 cm³/mol. The van der Waals surface area contributed by atoms with Gasteiger partial charge in [0.1, 0.15) is 15.7 Å². The molecule has 8 heteroatoms. The lowest BCUT2D eigenvalue weighted by atomic mass is 9.95. The number of hydrogen-bond donors (Lipinski definition) is 1. The van der Waals surface area contributed by atoms with Crippen LogP contribution in [0.3, 0.4) is 0 Å². The summed E-state index contributed by atoms with van der Waals surface area (Å²) in [6.45, 7) is 8.54. The normalized spacial score (nSPS) is 16.1. The summed E-state index contributed by atoms with van der Waals surface area (Å²) in [4.78, 5) is 28.1. The van der Waals surface area contributed by atoms with E-state index >= 15 is 0 Å². The molecule has 5 rings (SSSR count). The van der Waals surface area contributed by atoms with E-state index in [1.165, 1.54) is 11.8 Å². The number of pyridine rings is 1. The van der Waals surface area contributed by atoms with E-state index in [-0.39, 0.29) is 16.8 Å². The molecule has 6 nitrogen and oxygen atoms in total. The van der Waals surface area contributed by atoms with E-state index in [1.54, 1.807) is 11.3 Å². The number of rotatable bonds is 4. The quantitative estimate of drug-likeness (QED) is 0.317. The zero-order valence-electron chi connectivity index (χ0n) is 18.4. The molecule has 4 heterocycles. The molecule has 0 spiro atoms. The van der Waals surface area contributed by atoms with E-state index in [9.17, 15) is 4.79 Å². The van der Waals surface area contributed by atoms with E-state index < -0.39 is 0 Å². The van der Waals surface area contributed by atoms with Crippen molar-refractivity contribution in [2.75, 3.05) is 5.32 Å². The zero-order valence-corrected chi connectivity index (χ0v) is 20.1. The third kappa shape index (κ3) is 4.10. The Kier molecular flexibility index (Phi) is 5.39. The third-order valence-corrected chi connectivity index (χ3v) is 7.78. The minimum absolute atomic E-state index is 0.0558. The van der Waals surface area contributed by atoms with Crippen molar-refractivity contribution in [1.29, 1.82) is 0 Å². The fraction of sp³-hybridized carbons (Fsp3) is 0.333. The van der Waals surface area contributed by atoms with E-state index in [1.807, 2.05) is 44.2 Å².